The van der Waals surface area contributed by atoms with E-state index in [9.17, 15) is 9.59 Å². The molecular weight excluding hydrogens is 311 g/mol. The third-order valence-corrected chi connectivity index (χ3v) is 3.40. The molecular formula is C15H20Cl2N2O2. The van der Waals surface area contributed by atoms with Crippen LogP contribution in [-0.4, -0.2) is 29.8 Å². The van der Waals surface area contributed by atoms with E-state index >= 15 is 0 Å². The summed E-state index contributed by atoms with van der Waals surface area (Å²) in [5.74, 6) is -0.539. The van der Waals surface area contributed by atoms with Crippen LogP contribution in [0.15, 0.2) is 18.2 Å². The third-order valence-electron chi connectivity index (χ3n) is 2.86. The van der Waals surface area contributed by atoms with E-state index in [1.165, 1.54) is 0 Å². The van der Waals surface area contributed by atoms with Gasteiger partial charge in [-0.25, -0.2) is 0 Å². The van der Waals surface area contributed by atoms with Gasteiger partial charge in [-0.05, 0) is 31.0 Å². The van der Waals surface area contributed by atoms with Gasteiger partial charge in [0.2, 0.25) is 11.8 Å². The Bertz CT molecular complexity index is 500. The highest BCUT2D eigenvalue weighted by Crippen LogP contribution is 2.25. The molecule has 21 heavy (non-hydrogen) atoms. The molecule has 4 nitrogen and oxygen atoms in total. The molecule has 1 rings (SSSR count). The van der Waals surface area contributed by atoms with E-state index in [0.29, 0.717) is 28.8 Å². The fourth-order valence-corrected chi connectivity index (χ4v) is 2.39. The molecule has 0 saturated carbocycles. The molecule has 0 radical (unpaired) electrons. The topological polar surface area (TPSA) is 49.4 Å². The van der Waals surface area contributed by atoms with Crippen LogP contribution in [0.25, 0.3) is 0 Å². The zero-order chi connectivity index (χ0) is 15.8. The molecule has 6 heteroatoms. The lowest BCUT2D eigenvalue weighted by Gasteiger charge is -2.21. The van der Waals surface area contributed by atoms with Crippen molar-refractivity contribution in [2.45, 2.75) is 33.1 Å². The Hall–Kier alpha value is -1.26. The number of rotatable bonds is 7. The number of nitrogens with one attached hydrogen (secondary N) is 1. The van der Waals surface area contributed by atoms with E-state index in [4.69, 9.17) is 23.2 Å². The summed E-state index contributed by atoms with van der Waals surface area (Å²) in [6.07, 6.45) is 1.56. The van der Waals surface area contributed by atoms with Crippen LogP contribution < -0.4 is 5.32 Å². The molecule has 0 fully saturated rings. The van der Waals surface area contributed by atoms with Gasteiger partial charge in [0.1, 0.15) is 6.42 Å². The summed E-state index contributed by atoms with van der Waals surface area (Å²) in [4.78, 5) is 25.7. The van der Waals surface area contributed by atoms with Crippen molar-refractivity contribution in [3.05, 3.63) is 28.2 Å². The maximum absolute atomic E-state index is 12.1. The summed E-state index contributed by atoms with van der Waals surface area (Å²) < 4.78 is 0. The molecule has 1 N–H and O–H groups in total. The van der Waals surface area contributed by atoms with Gasteiger partial charge in [-0.2, -0.15) is 0 Å². The minimum Gasteiger partial charge on any atom is -0.342 e. The number of carbonyl (C=O) groups is 2. The zero-order valence-electron chi connectivity index (χ0n) is 12.3. The van der Waals surface area contributed by atoms with Crippen LogP contribution in [-0.2, 0) is 9.59 Å². The van der Waals surface area contributed by atoms with Crippen LogP contribution in [0.1, 0.15) is 33.1 Å². The summed E-state index contributed by atoms with van der Waals surface area (Å²) in [6, 6.07) is 4.79. The predicted octanol–water partition coefficient (Wildman–Crippen LogP) is 3.97. The number of amides is 2. The maximum atomic E-state index is 12.1. The van der Waals surface area contributed by atoms with E-state index in [2.05, 4.69) is 5.32 Å². The number of halogens is 2. The fraction of sp³-hybridized carbons (Fsp3) is 0.467. The van der Waals surface area contributed by atoms with Crippen molar-refractivity contribution in [1.82, 2.24) is 4.90 Å². The van der Waals surface area contributed by atoms with E-state index in [-0.39, 0.29) is 18.2 Å². The molecule has 0 saturated heterocycles. The van der Waals surface area contributed by atoms with Gasteiger partial charge in [0.15, 0.2) is 0 Å². The van der Waals surface area contributed by atoms with E-state index in [1.807, 2.05) is 13.8 Å². The van der Waals surface area contributed by atoms with Gasteiger partial charge in [-0.15, -0.1) is 0 Å². The lowest BCUT2D eigenvalue weighted by Crippen LogP contribution is -2.35. The Labute approximate surface area is 135 Å². The molecule has 0 atom stereocenters. The Morgan fingerprint density at radius 3 is 2.29 bits per heavy atom. The van der Waals surface area contributed by atoms with Crippen molar-refractivity contribution in [1.29, 1.82) is 0 Å². The number of benzene rings is 1. The van der Waals surface area contributed by atoms with Gasteiger partial charge in [0.05, 0.1) is 10.7 Å². The minimum atomic E-state index is -0.374. The maximum Gasteiger partial charge on any atom is 0.233 e. The van der Waals surface area contributed by atoms with Gasteiger partial charge in [0, 0.05) is 18.1 Å². The van der Waals surface area contributed by atoms with Crippen LogP contribution in [0.2, 0.25) is 10.0 Å². The lowest BCUT2D eigenvalue weighted by atomic mass is 10.2. The first-order valence-electron chi connectivity index (χ1n) is 7.00. The molecule has 0 aliphatic rings. The highest BCUT2D eigenvalue weighted by atomic mass is 35.5. The van der Waals surface area contributed by atoms with Crippen molar-refractivity contribution in [3.63, 3.8) is 0 Å². The first-order valence-corrected chi connectivity index (χ1v) is 7.76. The van der Waals surface area contributed by atoms with Crippen molar-refractivity contribution in [2.75, 3.05) is 18.4 Å². The normalized spacial score (nSPS) is 10.3. The second-order valence-corrected chi connectivity index (χ2v) is 5.57. The molecule has 0 bridgehead atoms. The standard InChI is InChI=1S/C15H20Cl2N2O2/c1-3-7-19(8-4-2)15(21)10-14(20)18-13-6-5-11(16)9-12(13)17/h5-6,9H,3-4,7-8,10H2,1-2H3,(H,18,20). The first kappa shape index (κ1) is 17.8. The minimum absolute atomic E-state index is 0.165. The smallest absolute Gasteiger partial charge is 0.233 e. The Morgan fingerprint density at radius 1 is 1.14 bits per heavy atom. The monoisotopic (exact) mass is 330 g/mol. The lowest BCUT2D eigenvalue weighted by molar-refractivity contribution is -0.134. The van der Waals surface area contributed by atoms with Crippen molar-refractivity contribution < 1.29 is 9.59 Å². The van der Waals surface area contributed by atoms with Crippen LogP contribution in [0.4, 0.5) is 5.69 Å². The summed E-state index contributed by atoms with van der Waals surface area (Å²) >= 11 is 11.8. The van der Waals surface area contributed by atoms with Gasteiger partial charge >= 0.3 is 0 Å². The molecule has 0 aliphatic heterocycles. The predicted molar refractivity (Wildman–Crippen MR) is 86.9 cm³/mol. The Morgan fingerprint density at radius 2 is 1.76 bits per heavy atom. The molecule has 0 spiro atoms. The average Bonchev–Trinajstić information content (AvgIpc) is 2.41. The first-order chi connectivity index (χ1) is 9.97. The number of carbonyl (C=O) groups excluding carboxylic acids is 2. The fourth-order valence-electron chi connectivity index (χ4n) is 1.94. The van der Waals surface area contributed by atoms with E-state index in [1.54, 1.807) is 23.1 Å². The number of hydrogen-bond donors (Lipinski definition) is 1. The third kappa shape index (κ3) is 5.94. The van der Waals surface area contributed by atoms with Crippen LogP contribution >= 0.6 is 23.2 Å². The largest absolute Gasteiger partial charge is 0.342 e. The average molecular weight is 331 g/mol. The summed E-state index contributed by atoms with van der Waals surface area (Å²) in [7, 11) is 0. The number of hydrogen-bond acceptors (Lipinski definition) is 2. The molecule has 0 aromatic heterocycles. The number of nitrogens with zero attached hydrogens (tertiary/aromatic N) is 1. The van der Waals surface area contributed by atoms with Gasteiger partial charge < -0.3 is 10.2 Å². The zero-order valence-corrected chi connectivity index (χ0v) is 13.8. The van der Waals surface area contributed by atoms with Crippen molar-refractivity contribution in [3.8, 4) is 0 Å². The highest BCUT2D eigenvalue weighted by molar-refractivity contribution is 6.36. The molecule has 1 aromatic rings. The summed E-state index contributed by atoms with van der Waals surface area (Å²) in [5, 5.41) is 3.47. The molecule has 0 aliphatic carbocycles. The van der Waals surface area contributed by atoms with Crippen LogP contribution in [0.3, 0.4) is 0 Å². The Balaban J connectivity index is 2.61. The van der Waals surface area contributed by atoms with E-state index in [0.717, 1.165) is 12.8 Å². The molecule has 116 valence electrons. The van der Waals surface area contributed by atoms with Crippen molar-refractivity contribution in [2.24, 2.45) is 0 Å². The molecule has 0 unspecified atom stereocenters. The van der Waals surface area contributed by atoms with E-state index < -0.39 is 0 Å². The SMILES string of the molecule is CCCN(CCC)C(=O)CC(=O)Nc1ccc(Cl)cc1Cl. The highest BCUT2D eigenvalue weighted by Gasteiger charge is 2.16. The Kier molecular flexibility index (Phi) is 7.54. The van der Waals surface area contributed by atoms with Crippen LogP contribution in [0, 0.1) is 0 Å². The molecule has 2 amide bonds. The number of anilines is 1. The van der Waals surface area contributed by atoms with Crippen molar-refractivity contribution >= 4 is 40.7 Å². The van der Waals surface area contributed by atoms with Gasteiger partial charge in [-0.1, -0.05) is 37.0 Å². The second-order valence-electron chi connectivity index (χ2n) is 4.73. The summed E-state index contributed by atoms with van der Waals surface area (Å²) in [6.45, 7) is 5.34. The van der Waals surface area contributed by atoms with Gasteiger partial charge in [0.25, 0.3) is 0 Å². The quantitative estimate of drug-likeness (QED) is 0.769. The molecule has 1 aromatic carbocycles. The summed E-state index contributed by atoms with van der Waals surface area (Å²) in [5.41, 5.74) is 0.455. The van der Waals surface area contributed by atoms with Gasteiger partial charge in [-0.3, -0.25) is 9.59 Å². The second kappa shape index (κ2) is 8.90. The van der Waals surface area contributed by atoms with Crippen LogP contribution in [0.5, 0.6) is 0 Å². The molecule has 0 heterocycles.